The summed E-state index contributed by atoms with van der Waals surface area (Å²) < 4.78 is 20.6. The number of benzene rings is 1. The van der Waals surface area contributed by atoms with Crippen LogP contribution in [0.4, 0.5) is 10.1 Å². The average Bonchev–Trinajstić information content (AvgIpc) is 2.81. The quantitative estimate of drug-likeness (QED) is 0.833. The second-order valence-corrected chi connectivity index (χ2v) is 5.82. The van der Waals surface area contributed by atoms with Crippen molar-refractivity contribution >= 4 is 17.6 Å². The molecule has 0 radical (unpaired) electrons. The summed E-state index contributed by atoms with van der Waals surface area (Å²) in [5.41, 5.74) is 2.89. The van der Waals surface area contributed by atoms with E-state index in [4.69, 9.17) is 4.74 Å². The molecule has 0 saturated carbocycles. The average molecular weight is 346 g/mol. The third-order valence-corrected chi connectivity index (χ3v) is 4.21. The van der Waals surface area contributed by atoms with Gasteiger partial charge in [0.1, 0.15) is 11.5 Å². The van der Waals surface area contributed by atoms with Crippen LogP contribution in [0.15, 0.2) is 18.2 Å². The van der Waals surface area contributed by atoms with Gasteiger partial charge in [-0.2, -0.15) is 0 Å². The van der Waals surface area contributed by atoms with Crippen LogP contribution in [-0.4, -0.2) is 23.1 Å². The maximum Gasteiger partial charge on any atom is 0.355 e. The normalized spacial score (nSPS) is 10.6. The van der Waals surface area contributed by atoms with Crippen LogP contribution in [0.5, 0.6) is 0 Å². The van der Waals surface area contributed by atoms with Gasteiger partial charge in [-0.25, -0.2) is 9.18 Å². The number of halogens is 1. The number of carbonyl (C=O) groups excluding carboxylic acids is 2. The van der Waals surface area contributed by atoms with E-state index in [1.807, 2.05) is 6.92 Å². The fourth-order valence-corrected chi connectivity index (χ4v) is 2.95. The Morgan fingerprint density at radius 1 is 1.20 bits per heavy atom. The molecule has 0 aliphatic carbocycles. The number of hydrogen-bond donors (Lipinski definition) is 1. The molecule has 134 valence electrons. The first-order valence-electron chi connectivity index (χ1n) is 8.26. The lowest BCUT2D eigenvalue weighted by atomic mass is 10.1. The van der Waals surface area contributed by atoms with Crippen LogP contribution in [0.3, 0.4) is 0 Å². The highest BCUT2D eigenvalue weighted by Crippen LogP contribution is 2.25. The predicted octanol–water partition coefficient (Wildman–Crippen LogP) is 4.00. The molecule has 2 aromatic rings. The minimum absolute atomic E-state index is 0.260. The minimum atomic E-state index is -0.453. The summed E-state index contributed by atoms with van der Waals surface area (Å²) in [5, 5.41) is 2.70. The van der Waals surface area contributed by atoms with Crippen molar-refractivity contribution in [3.05, 3.63) is 52.1 Å². The van der Waals surface area contributed by atoms with E-state index < -0.39 is 5.97 Å². The molecule has 0 spiro atoms. The number of carbonyl (C=O) groups is 2. The van der Waals surface area contributed by atoms with Gasteiger partial charge in [0.15, 0.2) is 0 Å². The van der Waals surface area contributed by atoms with Gasteiger partial charge < -0.3 is 14.6 Å². The van der Waals surface area contributed by atoms with Gasteiger partial charge in [-0.1, -0.05) is 6.07 Å². The second-order valence-electron chi connectivity index (χ2n) is 5.82. The van der Waals surface area contributed by atoms with Gasteiger partial charge in [0.25, 0.3) is 5.91 Å². The number of nitrogens with one attached hydrogen (secondary N) is 1. The number of anilines is 1. The molecular weight excluding hydrogens is 323 g/mol. The molecule has 1 aromatic heterocycles. The minimum Gasteiger partial charge on any atom is -0.461 e. The summed E-state index contributed by atoms with van der Waals surface area (Å²) in [5.74, 6) is -1.22. The van der Waals surface area contributed by atoms with Crippen molar-refractivity contribution in [3.63, 3.8) is 0 Å². The molecule has 0 atom stereocenters. The predicted molar refractivity (Wildman–Crippen MR) is 94.6 cm³/mol. The van der Waals surface area contributed by atoms with Crippen molar-refractivity contribution in [2.24, 2.45) is 0 Å². The summed E-state index contributed by atoms with van der Waals surface area (Å²) in [7, 11) is 0. The van der Waals surface area contributed by atoms with Crippen molar-refractivity contribution in [2.75, 3.05) is 11.9 Å². The molecule has 1 aromatic carbocycles. The van der Waals surface area contributed by atoms with Crippen LogP contribution >= 0.6 is 0 Å². The van der Waals surface area contributed by atoms with E-state index in [2.05, 4.69) is 5.32 Å². The molecule has 1 amide bonds. The van der Waals surface area contributed by atoms with Gasteiger partial charge in [0.05, 0.1) is 12.2 Å². The van der Waals surface area contributed by atoms with Crippen molar-refractivity contribution in [1.82, 2.24) is 4.57 Å². The van der Waals surface area contributed by atoms with Crippen molar-refractivity contribution in [2.45, 2.75) is 41.2 Å². The molecule has 0 fully saturated rings. The lowest BCUT2D eigenvalue weighted by molar-refractivity contribution is 0.0512. The molecule has 25 heavy (non-hydrogen) atoms. The van der Waals surface area contributed by atoms with Crippen molar-refractivity contribution in [3.8, 4) is 0 Å². The number of aromatic nitrogens is 1. The summed E-state index contributed by atoms with van der Waals surface area (Å²) in [6, 6.07) is 4.52. The number of hydrogen-bond acceptors (Lipinski definition) is 3. The number of rotatable bonds is 5. The van der Waals surface area contributed by atoms with Crippen molar-refractivity contribution < 1.29 is 18.7 Å². The smallest absolute Gasteiger partial charge is 0.355 e. The zero-order chi connectivity index (χ0) is 18.7. The van der Waals surface area contributed by atoms with Crippen LogP contribution < -0.4 is 5.32 Å². The number of amides is 1. The molecule has 1 heterocycles. The Morgan fingerprint density at radius 2 is 1.88 bits per heavy atom. The van der Waals surface area contributed by atoms with E-state index in [1.165, 1.54) is 6.07 Å². The number of aryl methyl sites for hydroxylation is 1. The maximum absolute atomic E-state index is 13.7. The molecule has 5 nitrogen and oxygen atoms in total. The Kier molecular flexibility index (Phi) is 5.62. The zero-order valence-corrected chi connectivity index (χ0v) is 15.2. The Hall–Kier alpha value is -2.63. The Bertz CT molecular complexity index is 825. The molecule has 0 saturated heterocycles. The molecule has 0 aliphatic heterocycles. The number of esters is 1. The Labute approximate surface area is 146 Å². The molecular formula is C19H23FN2O3. The molecule has 1 N–H and O–H groups in total. The molecule has 0 unspecified atom stereocenters. The highest BCUT2D eigenvalue weighted by Gasteiger charge is 2.26. The van der Waals surface area contributed by atoms with Crippen LogP contribution in [0.1, 0.15) is 51.5 Å². The zero-order valence-electron chi connectivity index (χ0n) is 15.2. The van der Waals surface area contributed by atoms with Crippen molar-refractivity contribution in [1.29, 1.82) is 0 Å². The van der Waals surface area contributed by atoms with Crippen LogP contribution in [0.2, 0.25) is 0 Å². The molecule has 6 heteroatoms. The van der Waals surface area contributed by atoms with Crippen LogP contribution in [0, 0.1) is 26.6 Å². The van der Waals surface area contributed by atoms with E-state index in [0.717, 1.165) is 0 Å². The lowest BCUT2D eigenvalue weighted by Gasteiger charge is -2.08. The summed E-state index contributed by atoms with van der Waals surface area (Å²) >= 11 is 0. The van der Waals surface area contributed by atoms with E-state index in [1.54, 1.807) is 44.4 Å². The summed E-state index contributed by atoms with van der Waals surface area (Å²) in [6.45, 7) is 9.58. The first-order valence-corrected chi connectivity index (χ1v) is 8.26. The second kappa shape index (κ2) is 7.51. The maximum atomic E-state index is 13.7. The van der Waals surface area contributed by atoms with Crippen LogP contribution in [-0.2, 0) is 11.3 Å². The summed E-state index contributed by atoms with van der Waals surface area (Å²) in [4.78, 5) is 25.0. The monoisotopic (exact) mass is 346 g/mol. The van der Waals surface area contributed by atoms with E-state index in [9.17, 15) is 14.0 Å². The van der Waals surface area contributed by atoms with Gasteiger partial charge in [-0.3, -0.25) is 4.79 Å². The Morgan fingerprint density at radius 3 is 2.44 bits per heavy atom. The van der Waals surface area contributed by atoms with Gasteiger partial charge >= 0.3 is 5.97 Å². The fraction of sp³-hybridized carbons (Fsp3) is 0.368. The highest BCUT2D eigenvalue weighted by atomic mass is 19.1. The highest BCUT2D eigenvalue weighted by molar-refractivity contribution is 6.08. The molecule has 0 bridgehead atoms. The molecule has 0 aliphatic rings. The largest absolute Gasteiger partial charge is 0.461 e. The third kappa shape index (κ3) is 3.57. The van der Waals surface area contributed by atoms with Gasteiger partial charge in [-0.15, -0.1) is 0 Å². The SMILES string of the molecule is CCOC(=O)c1c(C)c(C(=O)Nc2ccc(C)c(F)c2)c(C)n1CC. The number of ether oxygens (including phenoxy) is 1. The van der Waals surface area contributed by atoms with Gasteiger partial charge in [-0.05, 0) is 57.9 Å². The van der Waals surface area contributed by atoms with E-state index >= 15 is 0 Å². The first kappa shape index (κ1) is 18.7. The van der Waals surface area contributed by atoms with E-state index in [0.29, 0.717) is 40.3 Å². The third-order valence-electron chi connectivity index (χ3n) is 4.21. The van der Waals surface area contributed by atoms with Crippen LogP contribution in [0.25, 0.3) is 0 Å². The van der Waals surface area contributed by atoms with E-state index in [-0.39, 0.29) is 18.3 Å². The fourth-order valence-electron chi connectivity index (χ4n) is 2.95. The van der Waals surface area contributed by atoms with Gasteiger partial charge in [0, 0.05) is 17.9 Å². The Balaban J connectivity index is 2.42. The number of nitrogens with zero attached hydrogens (tertiary/aromatic N) is 1. The molecule has 2 rings (SSSR count). The first-order chi connectivity index (χ1) is 11.8. The lowest BCUT2D eigenvalue weighted by Crippen LogP contribution is -2.14. The van der Waals surface area contributed by atoms with Gasteiger partial charge in [0.2, 0.25) is 0 Å². The topological polar surface area (TPSA) is 60.3 Å². The summed E-state index contributed by atoms with van der Waals surface area (Å²) in [6.07, 6.45) is 0. The standard InChI is InChI=1S/C19H23FN2O3/c1-6-22-13(5)16(12(4)17(22)19(24)25-7-2)18(23)21-14-9-8-11(3)15(20)10-14/h8-10H,6-7H2,1-5H3,(H,21,23).